The van der Waals surface area contributed by atoms with Crippen molar-refractivity contribution >= 4 is 0 Å². The first-order chi connectivity index (χ1) is 7.15. The molecule has 0 bridgehead atoms. The van der Waals surface area contributed by atoms with E-state index in [2.05, 4.69) is 30.9 Å². The van der Waals surface area contributed by atoms with E-state index in [1.807, 2.05) is 0 Å². The van der Waals surface area contributed by atoms with Gasteiger partial charge in [0.2, 0.25) is 0 Å². The average molecular weight is 208 g/mol. The van der Waals surface area contributed by atoms with E-state index in [1.165, 1.54) is 25.9 Å². The molecule has 1 saturated heterocycles. The second kappa shape index (κ2) is 4.67. The second-order valence-electron chi connectivity index (χ2n) is 5.52. The number of piperidine rings is 1. The maximum atomic E-state index is 5.88. The maximum absolute atomic E-state index is 5.88. The van der Waals surface area contributed by atoms with Gasteiger partial charge in [-0.2, -0.15) is 0 Å². The lowest BCUT2D eigenvalue weighted by molar-refractivity contribution is 0.117. The molecule has 0 aromatic heterocycles. The molecular formula is C13H24N2. The van der Waals surface area contributed by atoms with Gasteiger partial charge in [0.15, 0.2) is 0 Å². The normalized spacial score (nSPS) is 42.3. The minimum atomic E-state index is 0.314. The van der Waals surface area contributed by atoms with Gasteiger partial charge in [0.25, 0.3) is 0 Å². The van der Waals surface area contributed by atoms with Crippen molar-refractivity contribution < 1.29 is 0 Å². The van der Waals surface area contributed by atoms with Gasteiger partial charge in [0.1, 0.15) is 0 Å². The molecule has 0 amide bonds. The Morgan fingerprint density at radius 2 is 2.07 bits per heavy atom. The van der Waals surface area contributed by atoms with Crippen molar-refractivity contribution in [1.82, 2.24) is 4.90 Å². The molecule has 86 valence electrons. The Labute approximate surface area is 93.5 Å². The highest BCUT2D eigenvalue weighted by molar-refractivity contribution is 5.05. The van der Waals surface area contributed by atoms with Crippen LogP contribution in [0.4, 0.5) is 0 Å². The van der Waals surface area contributed by atoms with Crippen molar-refractivity contribution in [2.45, 2.75) is 45.2 Å². The molecule has 1 fully saturated rings. The maximum Gasteiger partial charge on any atom is 0.0229 e. The van der Waals surface area contributed by atoms with Crippen molar-refractivity contribution in [2.75, 3.05) is 13.1 Å². The molecule has 4 unspecified atom stereocenters. The van der Waals surface area contributed by atoms with Gasteiger partial charge in [0.05, 0.1) is 0 Å². The highest BCUT2D eigenvalue weighted by Gasteiger charge is 2.26. The summed E-state index contributed by atoms with van der Waals surface area (Å²) in [5.74, 6) is 1.62. The molecule has 2 rings (SSSR count). The van der Waals surface area contributed by atoms with Crippen LogP contribution in [-0.2, 0) is 0 Å². The first-order valence-electron chi connectivity index (χ1n) is 6.33. The summed E-state index contributed by atoms with van der Waals surface area (Å²) in [4.78, 5) is 2.65. The lowest BCUT2D eigenvalue weighted by Gasteiger charge is -2.37. The fourth-order valence-corrected chi connectivity index (χ4v) is 2.97. The summed E-state index contributed by atoms with van der Waals surface area (Å²) < 4.78 is 0. The lowest BCUT2D eigenvalue weighted by Crippen LogP contribution is -2.42. The molecule has 4 atom stereocenters. The third-order valence-electron chi connectivity index (χ3n) is 3.95. The third-order valence-corrected chi connectivity index (χ3v) is 3.95. The Morgan fingerprint density at radius 3 is 2.67 bits per heavy atom. The summed E-state index contributed by atoms with van der Waals surface area (Å²) in [6.07, 6.45) is 8.37. The molecule has 0 aromatic rings. The van der Waals surface area contributed by atoms with E-state index in [9.17, 15) is 0 Å². The fraction of sp³-hybridized carbons (Fsp3) is 0.846. The van der Waals surface area contributed by atoms with Gasteiger partial charge >= 0.3 is 0 Å². The summed E-state index contributed by atoms with van der Waals surface area (Å²) in [7, 11) is 0. The monoisotopic (exact) mass is 208 g/mol. The van der Waals surface area contributed by atoms with E-state index in [-0.39, 0.29) is 0 Å². The smallest absolute Gasteiger partial charge is 0.0229 e. The van der Waals surface area contributed by atoms with Gasteiger partial charge < -0.3 is 10.6 Å². The Kier molecular flexibility index (Phi) is 3.47. The lowest BCUT2D eigenvalue weighted by atomic mass is 9.92. The zero-order chi connectivity index (χ0) is 10.8. The van der Waals surface area contributed by atoms with Crippen molar-refractivity contribution in [2.24, 2.45) is 17.6 Å². The zero-order valence-corrected chi connectivity index (χ0v) is 10.0. The summed E-state index contributed by atoms with van der Waals surface area (Å²) >= 11 is 0. The van der Waals surface area contributed by atoms with E-state index < -0.39 is 0 Å². The Hall–Kier alpha value is -0.340. The van der Waals surface area contributed by atoms with E-state index >= 15 is 0 Å². The Bertz CT molecular complexity index is 237. The molecule has 1 heterocycles. The first kappa shape index (κ1) is 11.2. The third kappa shape index (κ3) is 2.82. The van der Waals surface area contributed by atoms with Crippen LogP contribution in [0.25, 0.3) is 0 Å². The molecule has 15 heavy (non-hydrogen) atoms. The van der Waals surface area contributed by atoms with Crippen LogP contribution in [0.5, 0.6) is 0 Å². The van der Waals surface area contributed by atoms with Crippen LogP contribution >= 0.6 is 0 Å². The molecule has 2 nitrogen and oxygen atoms in total. The van der Waals surface area contributed by atoms with E-state index in [1.54, 1.807) is 0 Å². The Balaban J connectivity index is 1.82. The van der Waals surface area contributed by atoms with Gasteiger partial charge in [-0.15, -0.1) is 0 Å². The summed E-state index contributed by atoms with van der Waals surface area (Å²) in [6, 6.07) is 1.08. The van der Waals surface area contributed by atoms with Crippen LogP contribution in [-0.4, -0.2) is 30.1 Å². The molecule has 2 aliphatic rings. The Morgan fingerprint density at radius 1 is 1.27 bits per heavy atom. The summed E-state index contributed by atoms with van der Waals surface area (Å²) in [6.45, 7) is 7.24. The fourth-order valence-electron chi connectivity index (χ4n) is 2.97. The largest absolute Gasteiger partial charge is 0.324 e. The molecular weight excluding hydrogens is 184 g/mol. The molecule has 2 N–H and O–H groups in total. The highest BCUT2D eigenvalue weighted by Crippen LogP contribution is 2.25. The predicted octanol–water partition coefficient (Wildman–Crippen LogP) is 2.01. The van der Waals surface area contributed by atoms with Crippen LogP contribution < -0.4 is 5.73 Å². The van der Waals surface area contributed by atoms with Crippen LogP contribution in [0.15, 0.2) is 12.2 Å². The molecule has 2 heteroatoms. The van der Waals surface area contributed by atoms with Crippen LogP contribution in [0.1, 0.15) is 33.1 Å². The predicted molar refractivity (Wildman–Crippen MR) is 64.7 cm³/mol. The molecule has 1 aliphatic heterocycles. The first-order valence-corrected chi connectivity index (χ1v) is 6.33. The molecule has 0 radical (unpaired) electrons. The van der Waals surface area contributed by atoms with Crippen molar-refractivity contribution in [3.05, 3.63) is 12.2 Å². The quantitative estimate of drug-likeness (QED) is 0.703. The van der Waals surface area contributed by atoms with Crippen LogP contribution in [0, 0.1) is 11.8 Å². The van der Waals surface area contributed by atoms with E-state index in [0.717, 1.165) is 18.4 Å². The molecule has 0 spiro atoms. The minimum absolute atomic E-state index is 0.314. The van der Waals surface area contributed by atoms with Crippen LogP contribution in [0.3, 0.4) is 0 Å². The summed E-state index contributed by atoms with van der Waals surface area (Å²) in [5.41, 5.74) is 5.88. The number of rotatable bonds is 2. The van der Waals surface area contributed by atoms with Crippen LogP contribution in [0.2, 0.25) is 0 Å². The second-order valence-corrected chi connectivity index (χ2v) is 5.52. The standard InChI is InChI=1S/C13H24N2/c1-10-5-6-15(11(2)7-10)9-12-3-4-13(14)8-12/h3-4,10-13H,5-9,14H2,1-2H3. The highest BCUT2D eigenvalue weighted by atomic mass is 15.2. The average Bonchev–Trinajstić information content (AvgIpc) is 2.56. The number of hydrogen-bond donors (Lipinski definition) is 1. The number of nitrogens with two attached hydrogens (primary N) is 1. The number of nitrogens with zero attached hydrogens (tertiary/aromatic N) is 1. The van der Waals surface area contributed by atoms with Gasteiger partial charge in [-0.1, -0.05) is 19.1 Å². The zero-order valence-electron chi connectivity index (χ0n) is 10.0. The molecule has 0 saturated carbocycles. The topological polar surface area (TPSA) is 29.3 Å². The van der Waals surface area contributed by atoms with E-state index in [0.29, 0.717) is 12.0 Å². The van der Waals surface area contributed by atoms with Crippen molar-refractivity contribution in [3.63, 3.8) is 0 Å². The SMILES string of the molecule is CC1CCN(CC2C=CC(N)C2)C(C)C1. The van der Waals surface area contributed by atoms with Crippen molar-refractivity contribution in [1.29, 1.82) is 0 Å². The van der Waals surface area contributed by atoms with Crippen molar-refractivity contribution in [3.8, 4) is 0 Å². The van der Waals surface area contributed by atoms with Gasteiger partial charge in [0, 0.05) is 18.6 Å². The van der Waals surface area contributed by atoms with E-state index in [4.69, 9.17) is 5.73 Å². The number of likely N-dealkylation sites (tertiary alicyclic amines) is 1. The number of hydrogen-bond acceptors (Lipinski definition) is 2. The van der Waals surface area contributed by atoms with Gasteiger partial charge in [-0.25, -0.2) is 0 Å². The molecule has 1 aliphatic carbocycles. The minimum Gasteiger partial charge on any atom is -0.324 e. The summed E-state index contributed by atoms with van der Waals surface area (Å²) in [5, 5.41) is 0. The van der Waals surface area contributed by atoms with Gasteiger partial charge in [-0.05, 0) is 44.6 Å². The molecule has 0 aromatic carbocycles. The van der Waals surface area contributed by atoms with Gasteiger partial charge in [-0.3, -0.25) is 0 Å².